The molecule has 122 valence electrons. The predicted octanol–water partition coefficient (Wildman–Crippen LogP) is 6.29. The minimum absolute atomic E-state index is 0.974. The van der Waals surface area contributed by atoms with Crippen LogP contribution in [0.1, 0.15) is 13.3 Å². The smallest absolute Gasteiger partial charge is 0.0702 e. The molecule has 0 saturated carbocycles. The van der Waals surface area contributed by atoms with Gasteiger partial charge in [-0.05, 0) is 42.8 Å². The first kappa shape index (κ1) is 15.4. The topological polar surface area (TPSA) is 17.8 Å². The monoisotopic (exact) mass is 324 g/mol. The zero-order chi connectivity index (χ0) is 17.2. The van der Waals surface area contributed by atoms with Crippen LogP contribution >= 0.6 is 0 Å². The maximum atomic E-state index is 4.49. The molecule has 2 heteroatoms. The fourth-order valence-electron chi connectivity index (χ4n) is 3.42. The van der Waals surface area contributed by atoms with Crippen molar-refractivity contribution < 1.29 is 0 Å². The van der Waals surface area contributed by atoms with Crippen LogP contribution in [0.15, 0.2) is 85.6 Å². The summed E-state index contributed by atoms with van der Waals surface area (Å²) in [5.74, 6) is 0. The Kier molecular flexibility index (Phi) is 3.95. The molecule has 2 nitrogen and oxygen atoms in total. The first-order valence-corrected chi connectivity index (χ1v) is 8.61. The summed E-state index contributed by atoms with van der Waals surface area (Å²) in [5.41, 5.74) is 5.65. The van der Waals surface area contributed by atoms with E-state index in [1.54, 1.807) is 0 Å². The highest BCUT2D eigenvalue weighted by Gasteiger charge is 2.13. The van der Waals surface area contributed by atoms with E-state index in [4.69, 9.17) is 0 Å². The maximum absolute atomic E-state index is 4.49. The first-order valence-electron chi connectivity index (χ1n) is 8.61. The highest BCUT2D eigenvalue weighted by atomic mass is 15.0. The number of allylic oxidation sites excluding steroid dienone is 3. The van der Waals surface area contributed by atoms with Gasteiger partial charge in [0.1, 0.15) is 0 Å². The number of para-hydroxylation sites is 1. The third-order valence-corrected chi connectivity index (χ3v) is 4.51. The van der Waals surface area contributed by atoms with Gasteiger partial charge < -0.3 is 4.57 Å². The fraction of sp³-hybridized carbons (Fsp3) is 0.0870. The third-order valence-electron chi connectivity index (χ3n) is 4.51. The summed E-state index contributed by atoms with van der Waals surface area (Å²) < 4.78 is 2.30. The molecule has 25 heavy (non-hydrogen) atoms. The molecule has 0 amide bonds. The summed E-state index contributed by atoms with van der Waals surface area (Å²) in [6.07, 6.45) is 6.96. The van der Waals surface area contributed by atoms with Crippen molar-refractivity contribution in [1.82, 2.24) is 9.55 Å². The SMILES string of the molecule is C=C/C(=C\CC)n1c2ccccc2c2cc(-c3ccccn3)ccc21. The molecule has 0 N–H and O–H groups in total. The summed E-state index contributed by atoms with van der Waals surface area (Å²) in [6, 6.07) is 21.1. The molecule has 0 fully saturated rings. The molecule has 2 aromatic heterocycles. The average Bonchev–Trinajstić information content (AvgIpc) is 3.00. The zero-order valence-corrected chi connectivity index (χ0v) is 14.3. The van der Waals surface area contributed by atoms with E-state index in [0.717, 1.165) is 23.4 Å². The van der Waals surface area contributed by atoms with Crippen LogP contribution in [0.25, 0.3) is 38.8 Å². The van der Waals surface area contributed by atoms with E-state index in [2.05, 4.69) is 71.6 Å². The van der Waals surface area contributed by atoms with E-state index in [1.165, 1.54) is 21.8 Å². The van der Waals surface area contributed by atoms with Crippen molar-refractivity contribution in [2.24, 2.45) is 0 Å². The van der Waals surface area contributed by atoms with Gasteiger partial charge in [0.25, 0.3) is 0 Å². The maximum Gasteiger partial charge on any atom is 0.0702 e. The number of nitrogens with zero attached hydrogens (tertiary/aromatic N) is 2. The van der Waals surface area contributed by atoms with Crippen LogP contribution in [-0.2, 0) is 0 Å². The van der Waals surface area contributed by atoms with Crippen LogP contribution in [0.5, 0.6) is 0 Å². The van der Waals surface area contributed by atoms with Gasteiger partial charge in [-0.25, -0.2) is 0 Å². The molecule has 4 aromatic rings. The number of hydrogen-bond acceptors (Lipinski definition) is 1. The van der Waals surface area contributed by atoms with E-state index >= 15 is 0 Å². The van der Waals surface area contributed by atoms with Crippen molar-refractivity contribution in [3.63, 3.8) is 0 Å². The minimum Gasteiger partial charge on any atom is -0.310 e. The highest BCUT2D eigenvalue weighted by molar-refractivity contribution is 6.11. The average molecular weight is 324 g/mol. The summed E-state index contributed by atoms with van der Waals surface area (Å²) in [5, 5.41) is 2.49. The number of pyridine rings is 1. The molecular formula is C23H20N2. The lowest BCUT2D eigenvalue weighted by Gasteiger charge is -2.09. The normalized spacial score (nSPS) is 12.0. The van der Waals surface area contributed by atoms with Crippen molar-refractivity contribution in [2.45, 2.75) is 13.3 Å². The Hall–Kier alpha value is -3.13. The number of hydrogen-bond donors (Lipinski definition) is 0. The standard InChI is InChI=1S/C23H20N2/c1-3-9-18(4-2)25-22-12-6-5-10-19(22)20-16-17(13-14-23(20)25)21-11-7-8-15-24-21/h4-16H,2-3H2,1H3/b18-9+. The van der Waals surface area contributed by atoms with Gasteiger partial charge >= 0.3 is 0 Å². The Morgan fingerprint density at radius 1 is 1.00 bits per heavy atom. The lowest BCUT2D eigenvalue weighted by molar-refractivity contribution is 1.17. The van der Waals surface area contributed by atoms with Crippen LogP contribution in [0.2, 0.25) is 0 Å². The van der Waals surface area contributed by atoms with Crippen LogP contribution in [0.3, 0.4) is 0 Å². The molecule has 0 atom stereocenters. The van der Waals surface area contributed by atoms with E-state index in [0.29, 0.717) is 0 Å². The number of fused-ring (bicyclic) bond motifs is 3. The fourth-order valence-corrected chi connectivity index (χ4v) is 3.42. The summed E-state index contributed by atoms with van der Waals surface area (Å²) in [4.78, 5) is 4.49. The largest absolute Gasteiger partial charge is 0.310 e. The lowest BCUT2D eigenvalue weighted by atomic mass is 10.1. The van der Waals surface area contributed by atoms with Crippen LogP contribution in [0, 0.1) is 0 Å². The van der Waals surface area contributed by atoms with Crippen molar-refractivity contribution in [3.8, 4) is 11.3 Å². The lowest BCUT2D eigenvalue weighted by Crippen LogP contribution is -1.94. The molecule has 0 spiro atoms. The van der Waals surface area contributed by atoms with E-state index in [9.17, 15) is 0 Å². The molecule has 0 radical (unpaired) electrons. The molecule has 0 aliphatic heterocycles. The van der Waals surface area contributed by atoms with Gasteiger partial charge in [0, 0.05) is 28.2 Å². The summed E-state index contributed by atoms with van der Waals surface area (Å²) in [6.45, 7) is 6.16. The molecule has 0 unspecified atom stereocenters. The Labute approximate surface area is 147 Å². The van der Waals surface area contributed by atoms with Gasteiger partial charge in [-0.1, -0.05) is 49.9 Å². The molecule has 2 aromatic carbocycles. The first-order chi connectivity index (χ1) is 12.3. The molecule has 4 rings (SSSR count). The van der Waals surface area contributed by atoms with Gasteiger partial charge in [0.15, 0.2) is 0 Å². The van der Waals surface area contributed by atoms with Gasteiger partial charge in [-0.3, -0.25) is 4.98 Å². The molecular weight excluding hydrogens is 304 g/mol. The quantitative estimate of drug-likeness (QED) is 0.403. The number of benzene rings is 2. The van der Waals surface area contributed by atoms with Crippen LogP contribution in [0.4, 0.5) is 0 Å². The van der Waals surface area contributed by atoms with E-state index < -0.39 is 0 Å². The van der Waals surface area contributed by atoms with Crippen LogP contribution in [-0.4, -0.2) is 9.55 Å². The van der Waals surface area contributed by atoms with E-state index in [1.807, 2.05) is 30.5 Å². The van der Waals surface area contributed by atoms with E-state index in [-0.39, 0.29) is 0 Å². The molecule has 0 bridgehead atoms. The Morgan fingerprint density at radius 2 is 1.80 bits per heavy atom. The Balaban J connectivity index is 2.06. The van der Waals surface area contributed by atoms with Crippen molar-refractivity contribution in [3.05, 3.63) is 85.6 Å². The summed E-state index contributed by atoms with van der Waals surface area (Å²) in [7, 11) is 0. The number of rotatable bonds is 4. The minimum atomic E-state index is 0.974. The van der Waals surface area contributed by atoms with Crippen molar-refractivity contribution in [2.75, 3.05) is 0 Å². The third kappa shape index (κ3) is 2.56. The zero-order valence-electron chi connectivity index (χ0n) is 14.3. The second kappa shape index (κ2) is 6.40. The molecule has 0 saturated heterocycles. The second-order valence-corrected chi connectivity index (χ2v) is 6.04. The Morgan fingerprint density at radius 3 is 2.56 bits per heavy atom. The molecule has 0 aliphatic carbocycles. The van der Waals surface area contributed by atoms with Gasteiger partial charge in [0.2, 0.25) is 0 Å². The van der Waals surface area contributed by atoms with Crippen molar-refractivity contribution in [1.29, 1.82) is 0 Å². The molecule has 0 aliphatic rings. The second-order valence-electron chi connectivity index (χ2n) is 6.04. The highest BCUT2D eigenvalue weighted by Crippen LogP contribution is 2.34. The van der Waals surface area contributed by atoms with Gasteiger partial charge in [-0.15, -0.1) is 0 Å². The summed E-state index contributed by atoms with van der Waals surface area (Å²) >= 11 is 0. The Bertz CT molecular complexity index is 1090. The van der Waals surface area contributed by atoms with Gasteiger partial charge in [-0.2, -0.15) is 0 Å². The molecule has 2 heterocycles. The van der Waals surface area contributed by atoms with Crippen LogP contribution < -0.4 is 0 Å². The van der Waals surface area contributed by atoms with Gasteiger partial charge in [0.05, 0.1) is 16.7 Å². The predicted molar refractivity (Wildman–Crippen MR) is 107 cm³/mol. The number of aromatic nitrogens is 2. The van der Waals surface area contributed by atoms with Crippen molar-refractivity contribution >= 4 is 27.5 Å².